The van der Waals surface area contributed by atoms with Gasteiger partial charge >= 0.3 is 0 Å². The number of hydrogen-bond acceptors (Lipinski definition) is 6. The van der Waals surface area contributed by atoms with E-state index in [4.69, 9.17) is 4.98 Å². The molecule has 1 aromatic carbocycles. The summed E-state index contributed by atoms with van der Waals surface area (Å²) in [6, 6.07) is 10.7. The number of imide groups is 1. The molecule has 2 aliphatic carbocycles. The minimum Gasteiger partial charge on any atom is -0.326 e. The summed E-state index contributed by atoms with van der Waals surface area (Å²) in [5.41, 5.74) is 4.29. The number of thioether (sulfide) groups is 1. The molecule has 3 aliphatic rings. The van der Waals surface area contributed by atoms with Gasteiger partial charge in [-0.2, -0.15) is 5.26 Å². The van der Waals surface area contributed by atoms with Crippen LogP contribution in [0, 0.1) is 18.3 Å². The van der Waals surface area contributed by atoms with Crippen LogP contribution in [-0.4, -0.2) is 45.4 Å². The first-order valence-electron chi connectivity index (χ1n) is 14.3. The second kappa shape index (κ2) is 12.3. The molecule has 1 aromatic heterocycles. The van der Waals surface area contributed by atoms with Gasteiger partial charge in [-0.15, -0.1) is 0 Å². The number of carbonyl (C=O) groups is 3. The molecule has 204 valence electrons. The number of pyridine rings is 1. The van der Waals surface area contributed by atoms with Gasteiger partial charge in [-0.25, -0.2) is 9.88 Å². The Balaban J connectivity index is 1.37. The van der Waals surface area contributed by atoms with Crippen LogP contribution < -0.4 is 4.90 Å². The number of carbonyl (C=O) groups excluding carboxylic acids is 3. The fourth-order valence-electron chi connectivity index (χ4n) is 6.15. The van der Waals surface area contributed by atoms with E-state index in [2.05, 4.69) is 6.07 Å². The maximum Gasteiger partial charge on any atom is 0.257 e. The van der Waals surface area contributed by atoms with E-state index in [1.807, 2.05) is 25.1 Å². The van der Waals surface area contributed by atoms with Crippen LogP contribution in [0.5, 0.6) is 0 Å². The molecule has 2 fully saturated rings. The molecule has 3 amide bonds. The molecule has 7 nitrogen and oxygen atoms in total. The van der Waals surface area contributed by atoms with E-state index in [1.54, 1.807) is 17.0 Å². The van der Waals surface area contributed by atoms with Gasteiger partial charge < -0.3 is 4.90 Å². The standard InChI is InChI=1S/C31H36N4O3S/c1-21-13-15-25(16-14-21)35-28(36)18-27(31(35)38)34(24-10-6-4-7-11-24)29(37)20-39-30-23(19-32)17-22-9-5-2-3-8-12-26(22)33-30/h13-17,24,27H,2-12,18,20H2,1H3. The van der Waals surface area contributed by atoms with Crippen molar-refractivity contribution in [3.63, 3.8) is 0 Å². The van der Waals surface area contributed by atoms with E-state index in [0.29, 0.717) is 16.3 Å². The molecule has 1 aliphatic heterocycles. The van der Waals surface area contributed by atoms with Crippen molar-refractivity contribution in [1.29, 1.82) is 5.26 Å². The third-order valence-electron chi connectivity index (χ3n) is 8.23. The smallest absolute Gasteiger partial charge is 0.257 e. The molecule has 1 saturated carbocycles. The van der Waals surface area contributed by atoms with Crippen LogP contribution in [0.15, 0.2) is 35.4 Å². The van der Waals surface area contributed by atoms with Crippen LogP contribution in [0.1, 0.15) is 86.6 Å². The van der Waals surface area contributed by atoms with Gasteiger partial charge in [0.1, 0.15) is 17.1 Å². The van der Waals surface area contributed by atoms with Crippen molar-refractivity contribution in [2.45, 2.75) is 101 Å². The summed E-state index contributed by atoms with van der Waals surface area (Å²) in [4.78, 5) is 48.3. The zero-order valence-electron chi connectivity index (χ0n) is 22.7. The third kappa shape index (κ3) is 6.04. The molecule has 0 radical (unpaired) electrons. The Kier molecular flexibility index (Phi) is 8.66. The Morgan fingerprint density at radius 3 is 2.46 bits per heavy atom. The highest BCUT2D eigenvalue weighted by Gasteiger charge is 2.46. The summed E-state index contributed by atoms with van der Waals surface area (Å²) in [7, 11) is 0. The van der Waals surface area contributed by atoms with Crippen LogP contribution >= 0.6 is 11.8 Å². The van der Waals surface area contributed by atoms with E-state index < -0.39 is 6.04 Å². The summed E-state index contributed by atoms with van der Waals surface area (Å²) in [6.07, 6.45) is 11.2. The lowest BCUT2D eigenvalue weighted by Crippen LogP contribution is -2.52. The largest absolute Gasteiger partial charge is 0.326 e. The van der Waals surface area contributed by atoms with Crippen LogP contribution in [0.3, 0.4) is 0 Å². The van der Waals surface area contributed by atoms with E-state index in [-0.39, 0.29) is 35.9 Å². The van der Waals surface area contributed by atoms with Crippen molar-refractivity contribution in [1.82, 2.24) is 9.88 Å². The number of nitrogens with zero attached hydrogens (tertiary/aromatic N) is 4. The predicted molar refractivity (Wildman–Crippen MR) is 151 cm³/mol. The van der Waals surface area contributed by atoms with Crippen LogP contribution in [0.2, 0.25) is 0 Å². The maximum atomic E-state index is 13.8. The van der Waals surface area contributed by atoms with Crippen molar-refractivity contribution in [3.8, 4) is 6.07 Å². The van der Waals surface area contributed by atoms with E-state index in [1.165, 1.54) is 29.5 Å². The van der Waals surface area contributed by atoms with Crippen molar-refractivity contribution in [2.75, 3.05) is 10.7 Å². The second-order valence-electron chi connectivity index (χ2n) is 11.0. The van der Waals surface area contributed by atoms with Crippen LogP contribution in [0.4, 0.5) is 5.69 Å². The molecule has 1 unspecified atom stereocenters. The van der Waals surface area contributed by atoms with Gasteiger partial charge in [-0.1, -0.05) is 61.6 Å². The van der Waals surface area contributed by atoms with E-state index in [9.17, 15) is 19.6 Å². The number of aromatic nitrogens is 1. The second-order valence-corrected chi connectivity index (χ2v) is 11.9. The van der Waals surface area contributed by atoms with Crippen LogP contribution in [0.25, 0.3) is 0 Å². The third-order valence-corrected chi connectivity index (χ3v) is 9.20. The number of nitriles is 1. The normalized spacial score (nSPS) is 20.2. The highest BCUT2D eigenvalue weighted by molar-refractivity contribution is 8.00. The van der Waals surface area contributed by atoms with Gasteiger partial charge in [0.05, 0.1) is 23.4 Å². The van der Waals surface area contributed by atoms with Gasteiger partial charge in [0.25, 0.3) is 5.91 Å². The van der Waals surface area contributed by atoms with Crippen LogP contribution in [-0.2, 0) is 27.2 Å². The molecule has 8 heteroatoms. The summed E-state index contributed by atoms with van der Waals surface area (Å²) < 4.78 is 0. The Labute approximate surface area is 235 Å². The van der Waals surface area contributed by atoms with Gasteiger partial charge in [0.15, 0.2) is 0 Å². The van der Waals surface area contributed by atoms with Crippen molar-refractivity contribution < 1.29 is 14.4 Å². The van der Waals surface area contributed by atoms with Gasteiger partial charge in [0.2, 0.25) is 11.8 Å². The van der Waals surface area contributed by atoms with Crippen molar-refractivity contribution >= 4 is 35.2 Å². The minimum atomic E-state index is -0.797. The zero-order valence-corrected chi connectivity index (χ0v) is 23.5. The first-order valence-corrected chi connectivity index (χ1v) is 15.2. The molecular weight excluding hydrogens is 508 g/mol. The number of hydrogen-bond donors (Lipinski definition) is 0. The molecule has 1 atom stereocenters. The number of fused-ring (bicyclic) bond motifs is 1. The molecule has 39 heavy (non-hydrogen) atoms. The highest BCUT2D eigenvalue weighted by Crippen LogP contribution is 2.33. The molecule has 0 bridgehead atoms. The lowest BCUT2D eigenvalue weighted by Gasteiger charge is -2.37. The Morgan fingerprint density at radius 2 is 1.74 bits per heavy atom. The lowest BCUT2D eigenvalue weighted by molar-refractivity contribution is -0.139. The predicted octanol–water partition coefficient (Wildman–Crippen LogP) is 5.51. The summed E-state index contributed by atoms with van der Waals surface area (Å²) >= 11 is 1.28. The topological polar surface area (TPSA) is 94.4 Å². The fourth-order valence-corrected chi connectivity index (χ4v) is 7.00. The first-order chi connectivity index (χ1) is 19.0. The Bertz CT molecular complexity index is 1280. The molecule has 5 rings (SSSR count). The number of anilines is 1. The average molecular weight is 545 g/mol. The van der Waals surface area contributed by atoms with Gasteiger partial charge in [-0.3, -0.25) is 14.4 Å². The zero-order chi connectivity index (χ0) is 27.4. The first kappa shape index (κ1) is 27.4. The maximum absolute atomic E-state index is 13.8. The number of benzene rings is 1. The molecular formula is C31H36N4O3S. The quantitative estimate of drug-likeness (QED) is 0.352. The molecule has 2 aromatic rings. The van der Waals surface area contributed by atoms with Crippen molar-refractivity contribution in [2.24, 2.45) is 0 Å². The Morgan fingerprint density at radius 1 is 1.05 bits per heavy atom. The molecule has 2 heterocycles. The summed E-state index contributed by atoms with van der Waals surface area (Å²) in [6.45, 7) is 1.96. The monoisotopic (exact) mass is 544 g/mol. The van der Waals surface area contributed by atoms with Gasteiger partial charge in [-0.05, 0) is 69.2 Å². The number of amides is 3. The SMILES string of the molecule is Cc1ccc(N2C(=O)CC(N(C(=O)CSc3nc4c(cc3C#N)CCCCCC4)C3CCCCC3)C2=O)cc1. The average Bonchev–Trinajstić information content (AvgIpc) is 3.22. The summed E-state index contributed by atoms with van der Waals surface area (Å²) in [5.74, 6) is -0.685. The Hall–Kier alpha value is -3.18. The summed E-state index contributed by atoms with van der Waals surface area (Å²) in [5, 5.41) is 10.4. The van der Waals surface area contributed by atoms with Gasteiger partial charge in [0, 0.05) is 11.7 Å². The lowest BCUT2D eigenvalue weighted by atomic mass is 9.92. The van der Waals surface area contributed by atoms with E-state index >= 15 is 0 Å². The number of rotatable bonds is 6. The fraction of sp³-hybridized carbons (Fsp3) is 0.516. The molecule has 0 spiro atoms. The van der Waals surface area contributed by atoms with E-state index in [0.717, 1.165) is 74.6 Å². The number of aryl methyl sites for hydroxylation is 3. The highest BCUT2D eigenvalue weighted by atomic mass is 32.2. The minimum absolute atomic E-state index is 0.000156. The van der Waals surface area contributed by atoms with Crippen molar-refractivity contribution in [3.05, 3.63) is 52.7 Å². The molecule has 1 saturated heterocycles. The molecule has 0 N–H and O–H groups in total.